The van der Waals surface area contributed by atoms with Gasteiger partial charge in [-0.25, -0.2) is 4.79 Å². The van der Waals surface area contributed by atoms with Crippen molar-refractivity contribution in [2.75, 3.05) is 0 Å². The molecule has 1 aliphatic rings. The summed E-state index contributed by atoms with van der Waals surface area (Å²) in [4.78, 5) is 11.1. The lowest BCUT2D eigenvalue weighted by Gasteiger charge is -2.31. The maximum absolute atomic E-state index is 11.1. The van der Waals surface area contributed by atoms with Gasteiger partial charge in [-0.2, -0.15) is 0 Å². The summed E-state index contributed by atoms with van der Waals surface area (Å²) in [6.45, 7) is 0. The van der Waals surface area contributed by atoms with Crippen molar-refractivity contribution in [1.29, 1.82) is 0 Å². The van der Waals surface area contributed by atoms with Gasteiger partial charge in [-0.3, -0.25) is 0 Å². The molecule has 2 unspecified atom stereocenters. The van der Waals surface area contributed by atoms with Gasteiger partial charge in [0.1, 0.15) is 6.10 Å². The Kier molecular flexibility index (Phi) is 2.83. The molecule has 2 rings (SSSR count). The van der Waals surface area contributed by atoms with E-state index in [-0.39, 0.29) is 0 Å². The van der Waals surface area contributed by atoms with E-state index in [0.717, 1.165) is 5.56 Å². The molecular formula is C13H13NO3. The molecule has 0 radical (unpaired) electrons. The van der Waals surface area contributed by atoms with E-state index in [9.17, 15) is 9.90 Å². The predicted molar refractivity (Wildman–Crippen MR) is 64.1 cm³/mol. The Balaban J connectivity index is 2.42. The molecule has 0 fully saturated rings. The van der Waals surface area contributed by atoms with Gasteiger partial charge in [0.15, 0.2) is 5.54 Å². The zero-order chi connectivity index (χ0) is 12.5. The summed E-state index contributed by atoms with van der Waals surface area (Å²) in [5, 5.41) is 19.2. The highest BCUT2D eigenvalue weighted by Crippen LogP contribution is 2.29. The number of carboxylic acids is 1. The molecule has 88 valence electrons. The molecule has 0 aliphatic heterocycles. The van der Waals surface area contributed by atoms with Crippen LogP contribution in [-0.4, -0.2) is 27.8 Å². The number of nitrogens with two attached hydrogens (primary N) is 1. The SMILES string of the molecule is NC1(C(=O)O)C=CC=C(c2ccccc2)C1O. The van der Waals surface area contributed by atoms with Crippen molar-refractivity contribution in [2.45, 2.75) is 11.6 Å². The van der Waals surface area contributed by atoms with Crippen LogP contribution < -0.4 is 5.73 Å². The highest BCUT2D eigenvalue weighted by atomic mass is 16.4. The van der Waals surface area contributed by atoms with Gasteiger partial charge in [0.25, 0.3) is 0 Å². The Morgan fingerprint density at radius 2 is 1.94 bits per heavy atom. The molecule has 0 bridgehead atoms. The minimum Gasteiger partial charge on any atom is -0.480 e. The fraction of sp³-hybridized carbons (Fsp3) is 0.154. The molecule has 1 aliphatic carbocycles. The van der Waals surface area contributed by atoms with Crippen LogP contribution in [-0.2, 0) is 4.79 Å². The largest absolute Gasteiger partial charge is 0.480 e. The second-order valence-corrected chi connectivity index (χ2v) is 3.99. The van der Waals surface area contributed by atoms with Gasteiger partial charge in [0.2, 0.25) is 0 Å². The third-order valence-electron chi connectivity index (χ3n) is 2.87. The van der Waals surface area contributed by atoms with Crippen LogP contribution >= 0.6 is 0 Å². The zero-order valence-corrected chi connectivity index (χ0v) is 9.08. The summed E-state index contributed by atoms with van der Waals surface area (Å²) in [6, 6.07) is 9.09. The van der Waals surface area contributed by atoms with Gasteiger partial charge in [0.05, 0.1) is 0 Å². The van der Waals surface area contributed by atoms with Crippen molar-refractivity contribution >= 4 is 11.5 Å². The third kappa shape index (κ3) is 1.88. The normalized spacial score (nSPS) is 27.6. The molecule has 0 aromatic heterocycles. The van der Waals surface area contributed by atoms with Gasteiger partial charge < -0.3 is 15.9 Å². The lowest BCUT2D eigenvalue weighted by molar-refractivity contribution is -0.144. The van der Waals surface area contributed by atoms with Crippen LogP contribution in [0.25, 0.3) is 5.57 Å². The molecule has 4 N–H and O–H groups in total. The second kappa shape index (κ2) is 4.16. The molecule has 0 heterocycles. The molecule has 4 nitrogen and oxygen atoms in total. The molecule has 0 amide bonds. The van der Waals surface area contributed by atoms with Crippen molar-refractivity contribution in [1.82, 2.24) is 0 Å². The Labute approximate surface area is 98.7 Å². The number of aliphatic hydroxyl groups excluding tert-OH is 1. The highest BCUT2D eigenvalue weighted by molar-refractivity contribution is 5.89. The van der Waals surface area contributed by atoms with Crippen LogP contribution in [0, 0.1) is 0 Å². The predicted octanol–water partition coefficient (Wildman–Crippen LogP) is 0.783. The summed E-state index contributed by atoms with van der Waals surface area (Å²) in [5.74, 6) is -1.25. The monoisotopic (exact) mass is 231 g/mol. The average molecular weight is 231 g/mol. The van der Waals surface area contributed by atoms with Crippen LogP contribution in [0.2, 0.25) is 0 Å². The van der Waals surface area contributed by atoms with E-state index < -0.39 is 17.6 Å². The molecule has 0 saturated heterocycles. The van der Waals surface area contributed by atoms with Crippen molar-refractivity contribution in [2.24, 2.45) is 5.73 Å². The van der Waals surface area contributed by atoms with E-state index in [0.29, 0.717) is 5.57 Å². The van der Waals surface area contributed by atoms with E-state index >= 15 is 0 Å². The third-order valence-corrected chi connectivity index (χ3v) is 2.87. The van der Waals surface area contributed by atoms with Crippen LogP contribution in [0.4, 0.5) is 0 Å². The fourth-order valence-electron chi connectivity index (χ4n) is 1.82. The number of aliphatic carboxylic acids is 1. The van der Waals surface area contributed by atoms with E-state index in [1.54, 1.807) is 24.3 Å². The Morgan fingerprint density at radius 1 is 1.29 bits per heavy atom. The minimum atomic E-state index is -1.76. The summed E-state index contributed by atoms with van der Waals surface area (Å²) in [6.07, 6.45) is 3.27. The fourth-order valence-corrected chi connectivity index (χ4v) is 1.82. The molecule has 1 aromatic rings. The number of hydrogen-bond donors (Lipinski definition) is 3. The number of carbonyl (C=O) groups is 1. The maximum atomic E-state index is 11.1. The molecule has 0 saturated carbocycles. The first-order valence-electron chi connectivity index (χ1n) is 5.21. The summed E-state index contributed by atoms with van der Waals surface area (Å²) in [7, 11) is 0. The molecule has 1 aromatic carbocycles. The first-order chi connectivity index (χ1) is 8.05. The maximum Gasteiger partial charge on any atom is 0.330 e. The Morgan fingerprint density at radius 3 is 2.53 bits per heavy atom. The van der Waals surface area contributed by atoms with Crippen LogP contribution in [0.5, 0.6) is 0 Å². The quantitative estimate of drug-likeness (QED) is 0.702. The van der Waals surface area contributed by atoms with E-state index in [1.165, 1.54) is 6.08 Å². The number of benzene rings is 1. The summed E-state index contributed by atoms with van der Waals surface area (Å²) >= 11 is 0. The van der Waals surface area contributed by atoms with Crippen LogP contribution in [0.1, 0.15) is 5.56 Å². The summed E-state index contributed by atoms with van der Waals surface area (Å²) in [5.41, 5.74) is 5.21. The number of rotatable bonds is 2. The number of aliphatic hydroxyl groups is 1. The van der Waals surface area contributed by atoms with Crippen molar-refractivity contribution in [3.63, 3.8) is 0 Å². The first-order valence-corrected chi connectivity index (χ1v) is 5.21. The molecule has 2 atom stereocenters. The van der Waals surface area contributed by atoms with Crippen LogP contribution in [0.15, 0.2) is 48.6 Å². The molecular weight excluding hydrogens is 218 g/mol. The average Bonchev–Trinajstić information content (AvgIpc) is 2.33. The van der Waals surface area contributed by atoms with E-state index in [4.69, 9.17) is 10.8 Å². The van der Waals surface area contributed by atoms with E-state index in [1.807, 2.05) is 18.2 Å². The Bertz CT molecular complexity index is 493. The topological polar surface area (TPSA) is 83.6 Å². The van der Waals surface area contributed by atoms with Gasteiger partial charge in [-0.05, 0) is 11.1 Å². The smallest absolute Gasteiger partial charge is 0.330 e. The number of allylic oxidation sites excluding steroid dienone is 2. The van der Waals surface area contributed by atoms with Crippen molar-refractivity contribution < 1.29 is 15.0 Å². The lowest BCUT2D eigenvalue weighted by Crippen LogP contribution is -2.56. The first kappa shape index (κ1) is 11.6. The molecule has 0 spiro atoms. The van der Waals surface area contributed by atoms with E-state index in [2.05, 4.69) is 0 Å². The summed E-state index contributed by atoms with van der Waals surface area (Å²) < 4.78 is 0. The lowest BCUT2D eigenvalue weighted by atomic mass is 9.81. The zero-order valence-electron chi connectivity index (χ0n) is 9.08. The van der Waals surface area contributed by atoms with Crippen molar-refractivity contribution in [3.8, 4) is 0 Å². The molecule has 4 heteroatoms. The van der Waals surface area contributed by atoms with Crippen molar-refractivity contribution in [3.05, 3.63) is 54.1 Å². The standard InChI is InChI=1S/C13H13NO3/c14-13(12(16)17)8-4-7-10(11(13)15)9-5-2-1-3-6-9/h1-8,11,15H,14H2,(H,16,17). The Hall–Kier alpha value is -1.91. The van der Waals surface area contributed by atoms with Gasteiger partial charge >= 0.3 is 5.97 Å². The highest BCUT2D eigenvalue weighted by Gasteiger charge is 2.42. The van der Waals surface area contributed by atoms with Gasteiger partial charge in [-0.15, -0.1) is 0 Å². The second-order valence-electron chi connectivity index (χ2n) is 3.99. The molecule has 17 heavy (non-hydrogen) atoms. The number of hydrogen-bond acceptors (Lipinski definition) is 3. The number of carboxylic acid groups (broad SMARTS) is 1. The minimum absolute atomic E-state index is 0.512. The van der Waals surface area contributed by atoms with Crippen LogP contribution in [0.3, 0.4) is 0 Å². The van der Waals surface area contributed by atoms with Gasteiger partial charge in [0, 0.05) is 0 Å². The van der Waals surface area contributed by atoms with Gasteiger partial charge in [-0.1, -0.05) is 48.6 Å².